The Kier molecular flexibility index (Phi) is 5.10. The Hall–Kier alpha value is -2.41. The molecule has 5 nitrogen and oxygen atoms in total. The molecule has 1 saturated heterocycles. The summed E-state index contributed by atoms with van der Waals surface area (Å²) in [5.41, 5.74) is 0.190. The van der Waals surface area contributed by atoms with E-state index in [1.807, 2.05) is 0 Å². The fourth-order valence-electron chi connectivity index (χ4n) is 2.62. The van der Waals surface area contributed by atoms with E-state index in [0.29, 0.717) is 18.9 Å². The minimum atomic E-state index is -1.01. The molecule has 0 unspecified atom stereocenters. The lowest BCUT2D eigenvalue weighted by atomic mass is 10.2. The number of carbonyl (C=O) groups is 1. The van der Waals surface area contributed by atoms with Gasteiger partial charge in [-0.05, 0) is 37.1 Å². The van der Waals surface area contributed by atoms with Crippen LogP contribution in [0.1, 0.15) is 18.6 Å². The molecule has 1 fully saturated rings. The van der Waals surface area contributed by atoms with Gasteiger partial charge in [-0.1, -0.05) is 0 Å². The van der Waals surface area contributed by atoms with Crippen LogP contribution in [0.4, 0.5) is 19.3 Å². The molecule has 0 aliphatic carbocycles. The number of furan rings is 1. The van der Waals surface area contributed by atoms with Crippen LogP contribution in [0.25, 0.3) is 0 Å². The Labute approximate surface area is 138 Å². The first-order valence-electron chi connectivity index (χ1n) is 7.77. The lowest BCUT2D eigenvalue weighted by Gasteiger charge is -2.25. The van der Waals surface area contributed by atoms with Crippen molar-refractivity contribution in [3.8, 4) is 0 Å². The molecule has 2 heterocycles. The van der Waals surface area contributed by atoms with E-state index in [0.717, 1.165) is 25.0 Å². The Bertz CT molecular complexity index is 685. The van der Waals surface area contributed by atoms with Crippen molar-refractivity contribution >= 4 is 11.7 Å². The molecular formula is C17H18F2N2O3. The van der Waals surface area contributed by atoms with E-state index >= 15 is 0 Å². The van der Waals surface area contributed by atoms with Crippen LogP contribution in [0, 0.1) is 11.6 Å². The fraction of sp³-hybridized carbons (Fsp3) is 0.353. The van der Waals surface area contributed by atoms with Gasteiger partial charge in [-0.3, -0.25) is 0 Å². The number of hydrogen-bond acceptors (Lipinski definition) is 3. The Morgan fingerprint density at radius 2 is 2.17 bits per heavy atom. The van der Waals surface area contributed by atoms with Gasteiger partial charge in [0.2, 0.25) is 0 Å². The van der Waals surface area contributed by atoms with Crippen molar-refractivity contribution in [2.75, 3.05) is 18.5 Å². The van der Waals surface area contributed by atoms with Gasteiger partial charge in [0.1, 0.15) is 5.76 Å². The lowest BCUT2D eigenvalue weighted by Crippen LogP contribution is -2.39. The van der Waals surface area contributed by atoms with Crippen LogP contribution in [-0.2, 0) is 11.3 Å². The van der Waals surface area contributed by atoms with E-state index in [1.54, 1.807) is 12.1 Å². The van der Waals surface area contributed by atoms with Crippen LogP contribution < -0.4 is 5.32 Å². The van der Waals surface area contributed by atoms with Crippen LogP contribution in [-0.4, -0.2) is 30.2 Å². The summed E-state index contributed by atoms with van der Waals surface area (Å²) in [5, 5.41) is 2.58. The van der Waals surface area contributed by atoms with Crippen molar-refractivity contribution in [1.29, 1.82) is 0 Å². The second kappa shape index (κ2) is 7.44. The largest absolute Gasteiger partial charge is 0.467 e. The number of benzene rings is 1. The van der Waals surface area contributed by atoms with Crippen LogP contribution >= 0.6 is 0 Å². The van der Waals surface area contributed by atoms with Gasteiger partial charge in [0, 0.05) is 24.9 Å². The van der Waals surface area contributed by atoms with Gasteiger partial charge in [0.15, 0.2) is 11.6 Å². The Morgan fingerprint density at radius 3 is 2.83 bits per heavy atom. The maximum atomic E-state index is 13.3. The third-order valence-electron chi connectivity index (χ3n) is 3.83. The van der Waals surface area contributed by atoms with E-state index in [1.165, 1.54) is 17.2 Å². The number of nitrogens with one attached hydrogen (secondary N) is 1. The molecule has 1 aliphatic rings. The van der Waals surface area contributed by atoms with Gasteiger partial charge in [-0.15, -0.1) is 0 Å². The topological polar surface area (TPSA) is 54.7 Å². The van der Waals surface area contributed by atoms with Gasteiger partial charge < -0.3 is 19.4 Å². The number of carbonyl (C=O) groups excluding carboxylic acids is 1. The average molecular weight is 336 g/mol. The molecule has 0 spiro atoms. The molecule has 0 bridgehead atoms. The second-order valence-electron chi connectivity index (χ2n) is 5.65. The third kappa shape index (κ3) is 4.11. The first-order chi connectivity index (χ1) is 11.6. The highest BCUT2D eigenvalue weighted by Gasteiger charge is 2.23. The van der Waals surface area contributed by atoms with Gasteiger partial charge in [0.25, 0.3) is 0 Å². The van der Waals surface area contributed by atoms with Crippen molar-refractivity contribution in [2.45, 2.75) is 25.5 Å². The minimum Gasteiger partial charge on any atom is -0.467 e. The monoisotopic (exact) mass is 336 g/mol. The van der Waals surface area contributed by atoms with Gasteiger partial charge in [0.05, 0.1) is 18.9 Å². The fourth-order valence-corrected chi connectivity index (χ4v) is 2.62. The van der Waals surface area contributed by atoms with Crippen molar-refractivity contribution in [1.82, 2.24) is 4.90 Å². The summed E-state index contributed by atoms with van der Waals surface area (Å²) in [4.78, 5) is 14.1. The Balaban J connectivity index is 1.70. The van der Waals surface area contributed by atoms with Crippen LogP contribution in [0.5, 0.6) is 0 Å². The third-order valence-corrected chi connectivity index (χ3v) is 3.83. The molecule has 1 aliphatic heterocycles. The molecule has 0 saturated carbocycles. The smallest absolute Gasteiger partial charge is 0.322 e. The summed E-state index contributed by atoms with van der Waals surface area (Å²) in [6.07, 6.45) is 3.35. The van der Waals surface area contributed by atoms with Crippen LogP contribution in [0.3, 0.4) is 0 Å². The molecular weight excluding hydrogens is 318 g/mol. The van der Waals surface area contributed by atoms with E-state index in [2.05, 4.69) is 5.32 Å². The van der Waals surface area contributed by atoms with Crippen LogP contribution in [0.2, 0.25) is 0 Å². The molecule has 2 amide bonds. The molecule has 1 N–H and O–H groups in total. The van der Waals surface area contributed by atoms with Gasteiger partial charge in [-0.25, -0.2) is 13.6 Å². The summed E-state index contributed by atoms with van der Waals surface area (Å²) in [6.45, 7) is 1.35. The standard InChI is InChI=1S/C17H18F2N2O3/c18-15-6-5-12(9-16(15)19)20-17(22)21(10-13-3-1-7-23-13)11-14-4-2-8-24-14/h1,3,5-7,9,14H,2,4,8,10-11H2,(H,20,22)/t14-/m0/s1. The van der Waals surface area contributed by atoms with Gasteiger partial charge >= 0.3 is 6.03 Å². The number of ether oxygens (including phenoxy) is 1. The lowest BCUT2D eigenvalue weighted by molar-refractivity contribution is 0.0803. The number of hydrogen-bond donors (Lipinski definition) is 1. The first-order valence-corrected chi connectivity index (χ1v) is 7.77. The summed E-state index contributed by atoms with van der Waals surface area (Å²) < 4.78 is 37.1. The van der Waals surface area contributed by atoms with Crippen molar-refractivity contribution in [3.63, 3.8) is 0 Å². The maximum absolute atomic E-state index is 13.3. The van der Waals surface area contributed by atoms with Crippen molar-refractivity contribution < 1.29 is 22.7 Å². The predicted octanol–water partition coefficient (Wildman–Crippen LogP) is 3.77. The van der Waals surface area contributed by atoms with E-state index in [-0.39, 0.29) is 18.3 Å². The molecule has 7 heteroatoms. The molecule has 24 heavy (non-hydrogen) atoms. The molecule has 0 radical (unpaired) electrons. The highest BCUT2D eigenvalue weighted by Crippen LogP contribution is 2.18. The summed E-state index contributed by atoms with van der Waals surface area (Å²) in [7, 11) is 0. The first kappa shape index (κ1) is 16.4. The van der Waals surface area contributed by atoms with E-state index < -0.39 is 17.7 Å². The van der Waals surface area contributed by atoms with E-state index in [4.69, 9.17) is 9.15 Å². The average Bonchev–Trinajstić information content (AvgIpc) is 3.24. The maximum Gasteiger partial charge on any atom is 0.322 e. The highest BCUT2D eigenvalue weighted by atomic mass is 19.2. The number of halogens is 2. The summed E-state index contributed by atoms with van der Waals surface area (Å²) >= 11 is 0. The number of amides is 2. The molecule has 128 valence electrons. The molecule has 3 rings (SSSR count). The second-order valence-corrected chi connectivity index (χ2v) is 5.65. The SMILES string of the molecule is O=C(Nc1ccc(F)c(F)c1)N(Cc1ccco1)C[C@@H]1CCCO1. The van der Waals surface area contributed by atoms with Crippen molar-refractivity contribution in [2.24, 2.45) is 0 Å². The quantitative estimate of drug-likeness (QED) is 0.904. The molecule has 1 aromatic carbocycles. The number of rotatable bonds is 5. The Morgan fingerprint density at radius 1 is 1.29 bits per heavy atom. The number of anilines is 1. The highest BCUT2D eigenvalue weighted by molar-refractivity contribution is 5.89. The van der Waals surface area contributed by atoms with Crippen molar-refractivity contribution in [3.05, 3.63) is 54.0 Å². The predicted molar refractivity (Wildman–Crippen MR) is 83.5 cm³/mol. The van der Waals surface area contributed by atoms with Gasteiger partial charge in [-0.2, -0.15) is 0 Å². The zero-order chi connectivity index (χ0) is 16.9. The number of urea groups is 1. The molecule has 2 aromatic rings. The van der Waals surface area contributed by atoms with Crippen LogP contribution in [0.15, 0.2) is 41.0 Å². The zero-order valence-corrected chi connectivity index (χ0v) is 13.0. The summed E-state index contributed by atoms with van der Waals surface area (Å²) in [6, 6.07) is 6.33. The molecule has 1 aromatic heterocycles. The minimum absolute atomic E-state index is 0.0318. The van der Waals surface area contributed by atoms with E-state index in [9.17, 15) is 13.6 Å². The number of nitrogens with zero attached hydrogens (tertiary/aromatic N) is 1. The normalized spacial score (nSPS) is 17.0. The summed E-state index contributed by atoms with van der Waals surface area (Å²) in [5.74, 6) is -1.34. The molecule has 1 atom stereocenters. The zero-order valence-electron chi connectivity index (χ0n) is 13.0.